The number of fused-ring (bicyclic) bond motifs is 1. The van der Waals surface area contributed by atoms with Crippen molar-refractivity contribution in [3.8, 4) is 0 Å². The number of aromatic nitrogens is 2. The zero-order valence-corrected chi connectivity index (χ0v) is 20.8. The Kier molecular flexibility index (Phi) is 7.45. The monoisotopic (exact) mass is 513 g/mol. The van der Waals surface area contributed by atoms with Gasteiger partial charge < -0.3 is 20.5 Å². The summed E-state index contributed by atoms with van der Waals surface area (Å²) in [5.74, 6) is 1.91. The highest BCUT2D eigenvalue weighted by molar-refractivity contribution is 6.34. The molecule has 0 bridgehead atoms. The van der Waals surface area contributed by atoms with E-state index >= 15 is 0 Å². The Balaban J connectivity index is 1.46. The Morgan fingerprint density at radius 1 is 1.26 bits per heavy atom. The van der Waals surface area contributed by atoms with E-state index in [1.165, 1.54) is 6.07 Å². The summed E-state index contributed by atoms with van der Waals surface area (Å²) < 4.78 is 0. The van der Waals surface area contributed by atoms with Gasteiger partial charge in [-0.25, -0.2) is 9.78 Å². The van der Waals surface area contributed by atoms with Crippen molar-refractivity contribution in [1.82, 2.24) is 25.5 Å². The van der Waals surface area contributed by atoms with Crippen molar-refractivity contribution in [3.63, 3.8) is 0 Å². The van der Waals surface area contributed by atoms with Crippen LogP contribution in [0.2, 0.25) is 10.0 Å². The number of nitrogens with zero attached hydrogens (tertiary/aromatic N) is 2. The third-order valence-electron chi connectivity index (χ3n) is 6.18. The van der Waals surface area contributed by atoms with Crippen LogP contribution in [0.5, 0.6) is 0 Å². The number of likely N-dealkylation sites (tertiary alicyclic amines) is 1. The number of amides is 2. The number of aromatic amines is 1. The predicted molar refractivity (Wildman–Crippen MR) is 135 cm³/mol. The number of imidazole rings is 1. The minimum atomic E-state index is -0.397. The minimum Gasteiger partial charge on any atom is -0.382 e. The molecule has 35 heavy (non-hydrogen) atoms. The summed E-state index contributed by atoms with van der Waals surface area (Å²) in [6.45, 7) is 2.40. The van der Waals surface area contributed by atoms with E-state index in [2.05, 4.69) is 20.6 Å². The van der Waals surface area contributed by atoms with Gasteiger partial charge in [-0.05, 0) is 56.2 Å². The van der Waals surface area contributed by atoms with Crippen LogP contribution in [0.3, 0.4) is 0 Å². The summed E-state index contributed by atoms with van der Waals surface area (Å²) in [5.41, 5.74) is 2.61. The fraction of sp³-hybridized carbons (Fsp3) is 0.320. The maximum absolute atomic E-state index is 13.2. The zero-order valence-electron chi connectivity index (χ0n) is 19.3. The molecule has 1 unspecified atom stereocenters. The Bertz CT molecular complexity index is 1330. The molecule has 8 nitrogen and oxygen atoms in total. The SMILES string of the molecule is CNC(=C=O)CC1CCCN1C(=O)c1ccc(C(=O)N[C@@H](C)c2nc3ccc(Cl)cc3[nH]2)cc1Cl. The van der Waals surface area contributed by atoms with E-state index in [0.717, 1.165) is 23.9 Å². The zero-order chi connectivity index (χ0) is 25.1. The summed E-state index contributed by atoms with van der Waals surface area (Å²) in [6, 6.07) is 9.47. The largest absolute Gasteiger partial charge is 0.382 e. The molecule has 1 aliphatic heterocycles. The van der Waals surface area contributed by atoms with Crippen LogP contribution in [0.4, 0.5) is 0 Å². The Morgan fingerprint density at radius 3 is 2.77 bits per heavy atom. The molecular formula is C25H25Cl2N5O3. The number of H-pyrrole nitrogens is 1. The minimum absolute atomic E-state index is 0.106. The molecule has 182 valence electrons. The highest BCUT2D eigenvalue weighted by atomic mass is 35.5. The number of carbonyl (C=O) groups excluding carboxylic acids is 3. The molecule has 2 amide bonds. The van der Waals surface area contributed by atoms with Crippen molar-refractivity contribution in [3.05, 3.63) is 69.1 Å². The molecule has 2 atom stereocenters. The van der Waals surface area contributed by atoms with Gasteiger partial charge in [0.15, 0.2) is 0 Å². The van der Waals surface area contributed by atoms with Crippen molar-refractivity contribution in [2.75, 3.05) is 13.6 Å². The van der Waals surface area contributed by atoms with Gasteiger partial charge in [-0.3, -0.25) is 9.59 Å². The van der Waals surface area contributed by atoms with Crippen LogP contribution < -0.4 is 10.6 Å². The molecule has 3 aromatic rings. The van der Waals surface area contributed by atoms with Gasteiger partial charge in [0.2, 0.25) is 0 Å². The van der Waals surface area contributed by atoms with Gasteiger partial charge in [0, 0.05) is 36.6 Å². The van der Waals surface area contributed by atoms with Crippen molar-refractivity contribution in [2.24, 2.45) is 0 Å². The third kappa shape index (κ3) is 5.35. The summed E-state index contributed by atoms with van der Waals surface area (Å²) >= 11 is 12.5. The van der Waals surface area contributed by atoms with Gasteiger partial charge >= 0.3 is 0 Å². The molecule has 1 fully saturated rings. The van der Waals surface area contributed by atoms with Gasteiger partial charge in [0.1, 0.15) is 11.8 Å². The average Bonchev–Trinajstić information content (AvgIpc) is 3.48. The van der Waals surface area contributed by atoms with Crippen LogP contribution in [-0.2, 0) is 4.79 Å². The van der Waals surface area contributed by atoms with Crippen LogP contribution >= 0.6 is 23.2 Å². The lowest BCUT2D eigenvalue weighted by atomic mass is 10.1. The number of halogens is 2. The van der Waals surface area contributed by atoms with E-state index in [1.807, 2.05) is 12.9 Å². The standard InChI is InChI=1S/C25H25Cl2N5O3/c1-14(23-30-21-8-6-16(26)11-22(21)31-23)29-24(34)15-5-7-19(20(27)10-15)25(35)32-9-3-4-18(32)12-17(13-33)28-2/h5-8,10-11,14,18,28H,3-4,9,12H2,1-2H3,(H,29,34)(H,30,31)/t14-,18?/m0/s1. The van der Waals surface area contributed by atoms with E-state index < -0.39 is 6.04 Å². The molecule has 2 heterocycles. The summed E-state index contributed by atoms with van der Waals surface area (Å²) in [7, 11) is 1.66. The molecular weight excluding hydrogens is 489 g/mol. The van der Waals surface area contributed by atoms with Gasteiger partial charge in [0.25, 0.3) is 11.8 Å². The van der Waals surface area contributed by atoms with Crippen LogP contribution in [0.15, 0.2) is 42.1 Å². The fourth-order valence-electron chi connectivity index (χ4n) is 4.29. The van der Waals surface area contributed by atoms with Crippen LogP contribution in [0.1, 0.15) is 58.8 Å². The van der Waals surface area contributed by atoms with E-state index in [4.69, 9.17) is 23.2 Å². The lowest BCUT2D eigenvalue weighted by molar-refractivity contribution is 0.0735. The van der Waals surface area contributed by atoms with Crippen LogP contribution in [0, 0.1) is 0 Å². The highest BCUT2D eigenvalue weighted by Gasteiger charge is 2.31. The normalized spacial score (nSPS) is 16.1. The maximum atomic E-state index is 13.2. The van der Waals surface area contributed by atoms with Crippen molar-refractivity contribution in [2.45, 2.75) is 38.3 Å². The second-order valence-electron chi connectivity index (χ2n) is 8.50. The van der Waals surface area contributed by atoms with Crippen molar-refractivity contribution in [1.29, 1.82) is 0 Å². The number of rotatable bonds is 7. The number of hydrogen-bond acceptors (Lipinski definition) is 5. The first-order chi connectivity index (χ1) is 16.8. The quantitative estimate of drug-likeness (QED) is 0.408. The van der Waals surface area contributed by atoms with Crippen LogP contribution in [-0.4, -0.2) is 52.3 Å². The molecule has 0 radical (unpaired) electrons. The van der Waals surface area contributed by atoms with E-state index in [-0.39, 0.29) is 22.9 Å². The van der Waals surface area contributed by atoms with Gasteiger partial charge in [-0.1, -0.05) is 23.2 Å². The first kappa shape index (κ1) is 24.8. The molecule has 1 aromatic heterocycles. The number of carbonyl (C=O) groups is 2. The highest BCUT2D eigenvalue weighted by Crippen LogP contribution is 2.27. The molecule has 2 aromatic carbocycles. The Labute approximate surface area is 212 Å². The molecule has 0 spiro atoms. The molecule has 4 rings (SSSR count). The van der Waals surface area contributed by atoms with Crippen molar-refractivity contribution < 1.29 is 14.4 Å². The third-order valence-corrected chi connectivity index (χ3v) is 6.73. The van der Waals surface area contributed by atoms with Crippen molar-refractivity contribution >= 4 is 52.0 Å². The lowest BCUT2D eigenvalue weighted by Crippen LogP contribution is -2.37. The van der Waals surface area contributed by atoms with Gasteiger partial charge in [-0.2, -0.15) is 0 Å². The first-order valence-electron chi connectivity index (χ1n) is 11.3. The molecule has 1 saturated heterocycles. The maximum Gasteiger partial charge on any atom is 0.255 e. The molecule has 1 aliphatic rings. The van der Waals surface area contributed by atoms with E-state index in [0.29, 0.717) is 40.6 Å². The summed E-state index contributed by atoms with van der Waals surface area (Å²) in [6.07, 6.45) is 2.05. The number of nitrogens with one attached hydrogen (secondary N) is 3. The number of hydrogen-bond donors (Lipinski definition) is 3. The second-order valence-corrected chi connectivity index (χ2v) is 9.35. The average molecular weight is 514 g/mol. The smallest absolute Gasteiger partial charge is 0.255 e. The molecule has 3 N–H and O–H groups in total. The Hall–Kier alpha value is -3.32. The Morgan fingerprint density at radius 2 is 2.06 bits per heavy atom. The van der Waals surface area contributed by atoms with Gasteiger partial charge in [-0.15, -0.1) is 0 Å². The molecule has 10 heteroatoms. The summed E-state index contributed by atoms with van der Waals surface area (Å²) in [5, 5.41) is 6.50. The lowest BCUT2D eigenvalue weighted by Gasteiger charge is -2.25. The molecule has 0 saturated carbocycles. The van der Waals surface area contributed by atoms with Gasteiger partial charge in [0.05, 0.1) is 33.4 Å². The topological polar surface area (TPSA) is 107 Å². The van der Waals surface area contributed by atoms with E-state index in [1.54, 1.807) is 42.3 Å². The van der Waals surface area contributed by atoms with E-state index in [9.17, 15) is 14.4 Å². The second kappa shape index (κ2) is 10.5. The fourth-order valence-corrected chi connectivity index (χ4v) is 4.72. The molecule has 0 aliphatic carbocycles. The summed E-state index contributed by atoms with van der Waals surface area (Å²) in [4.78, 5) is 46.5. The first-order valence-corrected chi connectivity index (χ1v) is 12.0. The van der Waals surface area contributed by atoms with Crippen LogP contribution in [0.25, 0.3) is 11.0 Å². The predicted octanol–water partition coefficient (Wildman–Crippen LogP) is 4.29. The number of benzene rings is 2.